The van der Waals surface area contributed by atoms with Gasteiger partial charge in [0.2, 0.25) is 5.91 Å². The highest BCUT2D eigenvalue weighted by molar-refractivity contribution is 5.99. The Labute approximate surface area is 191 Å². The summed E-state index contributed by atoms with van der Waals surface area (Å²) in [5, 5.41) is 2.62. The Bertz CT molecular complexity index is 1180. The predicted octanol–water partition coefficient (Wildman–Crippen LogP) is 4.96. The van der Waals surface area contributed by atoms with Crippen molar-refractivity contribution in [2.24, 2.45) is 0 Å². The number of fused-ring (bicyclic) bond motifs is 1. The van der Waals surface area contributed by atoms with E-state index in [2.05, 4.69) is 5.32 Å². The van der Waals surface area contributed by atoms with Crippen LogP contribution in [0.5, 0.6) is 11.5 Å². The van der Waals surface area contributed by atoms with Gasteiger partial charge in [-0.15, -0.1) is 0 Å². The molecule has 0 saturated carbocycles. The molecule has 1 aliphatic heterocycles. The van der Waals surface area contributed by atoms with Crippen LogP contribution in [0.25, 0.3) is 0 Å². The lowest BCUT2D eigenvalue weighted by atomic mass is 10.0. The number of anilines is 1. The number of nitrogens with zero attached hydrogens (tertiary/aromatic N) is 1. The van der Waals surface area contributed by atoms with Crippen molar-refractivity contribution in [3.8, 4) is 11.5 Å². The fourth-order valence-corrected chi connectivity index (χ4v) is 4.04. The third-order valence-electron chi connectivity index (χ3n) is 5.62. The minimum Gasteiger partial charge on any atom is -0.493 e. The number of nitrogens with one attached hydrogen (secondary N) is 1. The SMILES string of the molecule is CCOc1ccc([C@@H](CC(=O)Nc2ccccc2F)N2Cc3ccccc3C2=O)cc1OC. The molecule has 0 spiro atoms. The molecule has 33 heavy (non-hydrogen) atoms. The van der Waals surface area contributed by atoms with Crippen LogP contribution in [0.1, 0.15) is 40.9 Å². The summed E-state index contributed by atoms with van der Waals surface area (Å²) in [5.41, 5.74) is 2.34. The quantitative estimate of drug-likeness (QED) is 0.529. The standard InChI is InChI=1S/C26H25FN2O4/c1-3-33-23-13-12-17(14-24(23)32-2)22(15-25(30)28-21-11-7-6-10-20(21)27)29-16-18-8-4-5-9-19(18)26(29)31/h4-14,22H,3,15-16H2,1-2H3,(H,28,30)/t22-/m1/s1. The van der Waals surface area contributed by atoms with E-state index in [1.807, 2.05) is 31.2 Å². The van der Waals surface area contributed by atoms with Crippen LogP contribution in [0.3, 0.4) is 0 Å². The Kier molecular flexibility index (Phi) is 6.58. The van der Waals surface area contributed by atoms with Gasteiger partial charge in [-0.3, -0.25) is 9.59 Å². The van der Waals surface area contributed by atoms with Gasteiger partial charge < -0.3 is 19.7 Å². The van der Waals surface area contributed by atoms with Crippen molar-refractivity contribution in [2.75, 3.05) is 19.0 Å². The third-order valence-corrected chi connectivity index (χ3v) is 5.62. The first-order valence-electron chi connectivity index (χ1n) is 10.8. The Hall–Kier alpha value is -3.87. The van der Waals surface area contributed by atoms with Gasteiger partial charge in [0, 0.05) is 12.1 Å². The number of methoxy groups -OCH3 is 1. The van der Waals surface area contributed by atoms with Crippen LogP contribution in [-0.2, 0) is 11.3 Å². The number of rotatable bonds is 8. The molecule has 0 aromatic heterocycles. The lowest BCUT2D eigenvalue weighted by molar-refractivity contribution is -0.117. The lowest BCUT2D eigenvalue weighted by Crippen LogP contribution is -2.32. The summed E-state index contributed by atoms with van der Waals surface area (Å²) >= 11 is 0. The number of ether oxygens (including phenoxy) is 2. The highest BCUT2D eigenvalue weighted by atomic mass is 19.1. The fraction of sp³-hybridized carbons (Fsp3) is 0.231. The van der Waals surface area contributed by atoms with Crippen molar-refractivity contribution in [3.05, 3.63) is 89.2 Å². The van der Waals surface area contributed by atoms with Gasteiger partial charge in [0.15, 0.2) is 11.5 Å². The minimum atomic E-state index is -0.582. The molecule has 0 fully saturated rings. The first-order chi connectivity index (χ1) is 16.0. The predicted molar refractivity (Wildman–Crippen MR) is 123 cm³/mol. The molecule has 1 aliphatic rings. The highest BCUT2D eigenvalue weighted by Crippen LogP contribution is 2.37. The molecule has 1 atom stereocenters. The van der Waals surface area contributed by atoms with Gasteiger partial charge >= 0.3 is 0 Å². The number of hydrogen-bond donors (Lipinski definition) is 1. The molecule has 3 aromatic rings. The van der Waals surface area contributed by atoms with Gasteiger partial charge in [0.05, 0.1) is 31.9 Å². The normalized spacial score (nSPS) is 13.4. The monoisotopic (exact) mass is 448 g/mol. The summed E-state index contributed by atoms with van der Waals surface area (Å²) in [6, 6.07) is 18.2. The third kappa shape index (κ3) is 4.67. The number of halogens is 1. The van der Waals surface area contributed by atoms with Crippen molar-refractivity contribution in [3.63, 3.8) is 0 Å². The van der Waals surface area contributed by atoms with Crippen LogP contribution in [0.15, 0.2) is 66.7 Å². The summed E-state index contributed by atoms with van der Waals surface area (Å²) in [4.78, 5) is 27.8. The second-order valence-electron chi connectivity index (χ2n) is 7.68. The molecule has 4 rings (SSSR count). The van der Waals surface area contributed by atoms with Gasteiger partial charge in [-0.25, -0.2) is 4.39 Å². The van der Waals surface area contributed by atoms with Crippen LogP contribution in [0.2, 0.25) is 0 Å². The first kappa shape index (κ1) is 22.3. The van der Waals surface area contributed by atoms with Crippen LogP contribution in [-0.4, -0.2) is 30.4 Å². The van der Waals surface area contributed by atoms with E-state index in [-0.39, 0.29) is 18.0 Å². The van der Waals surface area contributed by atoms with Crippen molar-refractivity contribution in [2.45, 2.75) is 25.9 Å². The number of para-hydroxylation sites is 1. The van der Waals surface area contributed by atoms with E-state index in [1.165, 1.54) is 12.1 Å². The zero-order valence-electron chi connectivity index (χ0n) is 18.5. The zero-order valence-corrected chi connectivity index (χ0v) is 18.5. The molecule has 6 nitrogen and oxygen atoms in total. The summed E-state index contributed by atoms with van der Waals surface area (Å²) in [6.07, 6.45) is -0.0504. The van der Waals surface area contributed by atoms with E-state index in [0.29, 0.717) is 30.2 Å². The zero-order chi connectivity index (χ0) is 23.4. The molecule has 1 N–H and O–H groups in total. The molecular weight excluding hydrogens is 423 g/mol. The maximum atomic E-state index is 14.1. The van der Waals surface area contributed by atoms with Crippen LogP contribution in [0, 0.1) is 5.82 Å². The van der Waals surface area contributed by atoms with E-state index in [4.69, 9.17) is 9.47 Å². The van der Waals surface area contributed by atoms with Crippen molar-refractivity contribution in [1.29, 1.82) is 0 Å². The Balaban J connectivity index is 1.66. The molecule has 170 valence electrons. The topological polar surface area (TPSA) is 67.9 Å². The molecule has 0 radical (unpaired) electrons. The number of carbonyl (C=O) groups excluding carboxylic acids is 2. The van der Waals surface area contributed by atoms with Crippen molar-refractivity contribution in [1.82, 2.24) is 4.90 Å². The van der Waals surface area contributed by atoms with Gasteiger partial charge in [0.25, 0.3) is 5.91 Å². The van der Waals surface area contributed by atoms with Crippen LogP contribution >= 0.6 is 0 Å². The molecule has 0 saturated heterocycles. The van der Waals surface area contributed by atoms with E-state index in [9.17, 15) is 14.0 Å². The van der Waals surface area contributed by atoms with E-state index >= 15 is 0 Å². The summed E-state index contributed by atoms with van der Waals surface area (Å²) in [7, 11) is 1.54. The fourth-order valence-electron chi connectivity index (χ4n) is 4.04. The van der Waals surface area contributed by atoms with Crippen molar-refractivity contribution < 1.29 is 23.5 Å². The molecule has 3 aromatic carbocycles. The molecule has 7 heteroatoms. The van der Waals surface area contributed by atoms with Crippen LogP contribution < -0.4 is 14.8 Å². The molecule has 0 unspecified atom stereocenters. The molecule has 1 heterocycles. The van der Waals surface area contributed by atoms with E-state index in [0.717, 1.165) is 11.1 Å². The van der Waals surface area contributed by atoms with E-state index in [1.54, 1.807) is 42.3 Å². The Morgan fingerprint density at radius 3 is 2.58 bits per heavy atom. The number of amides is 2. The molecular formula is C26H25FN2O4. The molecule has 0 aliphatic carbocycles. The largest absolute Gasteiger partial charge is 0.493 e. The lowest BCUT2D eigenvalue weighted by Gasteiger charge is -2.28. The van der Waals surface area contributed by atoms with Gasteiger partial charge in [-0.1, -0.05) is 36.4 Å². The second-order valence-corrected chi connectivity index (χ2v) is 7.68. The maximum absolute atomic E-state index is 14.1. The minimum absolute atomic E-state index is 0.0504. The average Bonchev–Trinajstić information content (AvgIpc) is 3.16. The Morgan fingerprint density at radius 1 is 1.09 bits per heavy atom. The number of benzene rings is 3. The number of hydrogen-bond acceptors (Lipinski definition) is 4. The summed E-state index contributed by atoms with van der Waals surface area (Å²) < 4.78 is 25.1. The Morgan fingerprint density at radius 2 is 1.85 bits per heavy atom. The average molecular weight is 448 g/mol. The van der Waals surface area contributed by atoms with Gasteiger partial charge in [-0.2, -0.15) is 0 Å². The smallest absolute Gasteiger partial charge is 0.255 e. The molecule has 2 amide bonds. The maximum Gasteiger partial charge on any atom is 0.255 e. The van der Waals surface area contributed by atoms with Gasteiger partial charge in [0.1, 0.15) is 5.82 Å². The van der Waals surface area contributed by atoms with E-state index < -0.39 is 17.8 Å². The van der Waals surface area contributed by atoms with Crippen molar-refractivity contribution >= 4 is 17.5 Å². The summed E-state index contributed by atoms with van der Waals surface area (Å²) in [6.45, 7) is 2.73. The van der Waals surface area contributed by atoms with Crippen LogP contribution in [0.4, 0.5) is 10.1 Å². The summed E-state index contributed by atoms with van der Waals surface area (Å²) in [5.74, 6) is 0.0195. The second kappa shape index (κ2) is 9.73. The van der Waals surface area contributed by atoms with Gasteiger partial charge in [-0.05, 0) is 48.4 Å². The molecule has 0 bridgehead atoms. The highest BCUT2D eigenvalue weighted by Gasteiger charge is 2.35. The number of carbonyl (C=O) groups is 2. The first-order valence-corrected chi connectivity index (χ1v) is 10.8.